The molecule has 2 rings (SSSR count). The van der Waals surface area contributed by atoms with Gasteiger partial charge in [0.05, 0.1) is 12.7 Å². The molecule has 0 aliphatic carbocycles. The maximum atomic E-state index is 12.1. The Labute approximate surface area is 143 Å². The molecule has 1 saturated heterocycles. The van der Waals surface area contributed by atoms with Gasteiger partial charge in [-0.05, 0) is 25.5 Å². The molecular formula is C17H29N3O4. The Kier molecular flexibility index (Phi) is 11.0. The number of methoxy groups -OCH3 is 1. The molecule has 0 saturated carbocycles. The number of rotatable bonds is 4. The average molecular weight is 339 g/mol. The lowest BCUT2D eigenvalue weighted by Crippen LogP contribution is -2.31. The Balaban J connectivity index is 0.000000650. The van der Waals surface area contributed by atoms with Crippen molar-refractivity contribution in [2.45, 2.75) is 33.2 Å². The lowest BCUT2D eigenvalue weighted by Gasteiger charge is -2.17. The van der Waals surface area contributed by atoms with E-state index in [0.717, 1.165) is 13.0 Å². The summed E-state index contributed by atoms with van der Waals surface area (Å²) in [6.07, 6.45) is 1.48. The van der Waals surface area contributed by atoms with Crippen molar-refractivity contribution < 1.29 is 19.4 Å². The topological polar surface area (TPSA) is 105 Å². The second-order valence-electron chi connectivity index (χ2n) is 4.83. The summed E-state index contributed by atoms with van der Waals surface area (Å²) in [6.45, 7) is 7.77. The van der Waals surface area contributed by atoms with Gasteiger partial charge >= 0.3 is 0 Å². The van der Waals surface area contributed by atoms with Crippen molar-refractivity contribution in [1.82, 2.24) is 10.2 Å². The largest absolute Gasteiger partial charge is 0.504 e. The van der Waals surface area contributed by atoms with E-state index in [1.165, 1.54) is 7.11 Å². The first-order chi connectivity index (χ1) is 11.5. The highest BCUT2D eigenvalue weighted by atomic mass is 16.5. The SMILES string of the molecule is CC.CCNC=O.COc1cccc(C(=O)N2CCC(N)C2)c1O. The Morgan fingerprint density at radius 3 is 2.58 bits per heavy atom. The molecule has 4 N–H and O–H groups in total. The molecule has 0 bridgehead atoms. The smallest absolute Gasteiger partial charge is 0.257 e. The molecule has 1 aromatic rings. The van der Waals surface area contributed by atoms with E-state index >= 15 is 0 Å². The van der Waals surface area contributed by atoms with Crippen molar-refractivity contribution in [1.29, 1.82) is 0 Å². The molecule has 0 radical (unpaired) electrons. The third kappa shape index (κ3) is 6.45. The number of phenolic OH excluding ortho intramolecular Hbond substituents is 1. The minimum atomic E-state index is -0.200. The second kappa shape index (κ2) is 12.2. The third-order valence-electron chi connectivity index (χ3n) is 3.25. The van der Waals surface area contributed by atoms with Gasteiger partial charge < -0.3 is 25.8 Å². The predicted molar refractivity (Wildman–Crippen MR) is 94.2 cm³/mol. The molecule has 136 valence electrons. The average Bonchev–Trinajstić information content (AvgIpc) is 3.04. The molecular weight excluding hydrogens is 310 g/mol. The highest BCUT2D eigenvalue weighted by Crippen LogP contribution is 2.30. The lowest BCUT2D eigenvalue weighted by molar-refractivity contribution is -0.109. The van der Waals surface area contributed by atoms with E-state index in [4.69, 9.17) is 10.5 Å². The standard InChI is InChI=1S/C12H16N2O3.C3H7NO.C2H6/c1-17-10-4-2-3-9(11(10)15)12(16)14-6-5-8(13)7-14;1-2-4-3-5;1-2/h2-4,8,15H,5-7,13H2,1H3;3H,2H2,1H3,(H,4,5);1-2H3. The van der Waals surface area contributed by atoms with Gasteiger partial charge in [-0.25, -0.2) is 0 Å². The number of hydrogen-bond acceptors (Lipinski definition) is 5. The van der Waals surface area contributed by atoms with Gasteiger partial charge in [-0.2, -0.15) is 0 Å². The molecule has 7 heteroatoms. The van der Waals surface area contributed by atoms with Crippen LogP contribution in [0, 0.1) is 0 Å². The molecule has 2 amide bonds. The van der Waals surface area contributed by atoms with E-state index < -0.39 is 0 Å². The van der Waals surface area contributed by atoms with Gasteiger partial charge in [-0.1, -0.05) is 19.9 Å². The summed E-state index contributed by atoms with van der Waals surface area (Å²) in [6, 6.07) is 4.92. The van der Waals surface area contributed by atoms with Gasteiger partial charge in [0.15, 0.2) is 11.5 Å². The van der Waals surface area contributed by atoms with Gasteiger partial charge in [0.1, 0.15) is 0 Å². The zero-order chi connectivity index (χ0) is 18.5. The molecule has 1 aliphatic rings. The number of aromatic hydroxyl groups is 1. The first-order valence-corrected chi connectivity index (χ1v) is 8.13. The zero-order valence-electron chi connectivity index (χ0n) is 14.9. The number of carbonyl (C=O) groups is 2. The quantitative estimate of drug-likeness (QED) is 0.718. The third-order valence-corrected chi connectivity index (χ3v) is 3.25. The van der Waals surface area contributed by atoms with Crippen molar-refractivity contribution >= 4 is 12.3 Å². The summed E-state index contributed by atoms with van der Waals surface area (Å²) in [5, 5.41) is 12.3. The minimum Gasteiger partial charge on any atom is -0.504 e. The van der Waals surface area contributed by atoms with Crippen LogP contribution in [0.3, 0.4) is 0 Å². The Morgan fingerprint density at radius 2 is 2.17 bits per heavy atom. The monoisotopic (exact) mass is 339 g/mol. The van der Waals surface area contributed by atoms with E-state index in [-0.39, 0.29) is 23.3 Å². The van der Waals surface area contributed by atoms with Gasteiger partial charge in [-0.15, -0.1) is 0 Å². The van der Waals surface area contributed by atoms with Crippen LogP contribution in [0.2, 0.25) is 0 Å². The van der Waals surface area contributed by atoms with Crippen molar-refractivity contribution in [3.63, 3.8) is 0 Å². The number of benzene rings is 1. The van der Waals surface area contributed by atoms with Crippen LogP contribution >= 0.6 is 0 Å². The maximum absolute atomic E-state index is 12.1. The predicted octanol–water partition coefficient (Wildman–Crippen LogP) is 1.35. The number of carbonyl (C=O) groups excluding carboxylic acids is 2. The number of ether oxygens (including phenoxy) is 1. The molecule has 1 aliphatic heterocycles. The molecule has 1 heterocycles. The number of phenols is 1. The normalized spacial score (nSPS) is 15.4. The molecule has 1 unspecified atom stereocenters. The van der Waals surface area contributed by atoms with Gasteiger partial charge in [0.25, 0.3) is 5.91 Å². The Morgan fingerprint density at radius 1 is 1.50 bits per heavy atom. The number of nitrogens with two attached hydrogens (primary N) is 1. The summed E-state index contributed by atoms with van der Waals surface area (Å²) < 4.78 is 4.97. The highest BCUT2D eigenvalue weighted by Gasteiger charge is 2.26. The van der Waals surface area contributed by atoms with E-state index in [1.54, 1.807) is 23.1 Å². The molecule has 1 aromatic carbocycles. The number of nitrogens with zero attached hydrogens (tertiary/aromatic N) is 1. The van der Waals surface area contributed by atoms with Crippen LogP contribution in [0.5, 0.6) is 11.5 Å². The van der Waals surface area contributed by atoms with Crippen molar-refractivity contribution in [2.24, 2.45) is 5.73 Å². The van der Waals surface area contributed by atoms with Crippen molar-refractivity contribution in [3.05, 3.63) is 23.8 Å². The van der Waals surface area contributed by atoms with Gasteiger partial charge in [0, 0.05) is 25.7 Å². The molecule has 0 spiro atoms. The summed E-state index contributed by atoms with van der Waals surface area (Å²) >= 11 is 0. The van der Waals surface area contributed by atoms with E-state index in [2.05, 4.69) is 5.32 Å². The molecule has 1 fully saturated rings. The highest BCUT2D eigenvalue weighted by molar-refractivity contribution is 5.97. The number of likely N-dealkylation sites (tertiary alicyclic amines) is 1. The number of hydrogen-bond donors (Lipinski definition) is 3. The van der Waals surface area contributed by atoms with Gasteiger partial charge in [0.2, 0.25) is 6.41 Å². The van der Waals surface area contributed by atoms with E-state index in [9.17, 15) is 14.7 Å². The number of para-hydroxylation sites is 1. The van der Waals surface area contributed by atoms with Crippen LogP contribution in [-0.4, -0.2) is 55.1 Å². The van der Waals surface area contributed by atoms with Crippen LogP contribution < -0.4 is 15.8 Å². The fraction of sp³-hybridized carbons (Fsp3) is 0.529. The Bertz CT molecular complexity index is 509. The van der Waals surface area contributed by atoms with Crippen LogP contribution in [0.25, 0.3) is 0 Å². The van der Waals surface area contributed by atoms with Gasteiger partial charge in [-0.3, -0.25) is 9.59 Å². The lowest BCUT2D eigenvalue weighted by atomic mass is 10.1. The molecule has 7 nitrogen and oxygen atoms in total. The maximum Gasteiger partial charge on any atom is 0.257 e. The molecule has 1 atom stereocenters. The summed E-state index contributed by atoms with van der Waals surface area (Å²) in [7, 11) is 1.45. The van der Waals surface area contributed by atoms with Crippen LogP contribution in [0.4, 0.5) is 0 Å². The first kappa shape index (κ1) is 21.7. The zero-order valence-corrected chi connectivity index (χ0v) is 14.9. The van der Waals surface area contributed by atoms with Crippen molar-refractivity contribution in [2.75, 3.05) is 26.7 Å². The fourth-order valence-electron chi connectivity index (χ4n) is 2.09. The Hall–Kier alpha value is -2.28. The van der Waals surface area contributed by atoms with Crippen LogP contribution in [0.15, 0.2) is 18.2 Å². The van der Waals surface area contributed by atoms with Crippen molar-refractivity contribution in [3.8, 4) is 11.5 Å². The number of amides is 2. The first-order valence-electron chi connectivity index (χ1n) is 8.13. The summed E-state index contributed by atoms with van der Waals surface area (Å²) in [5.74, 6) is -0.00540. The molecule has 24 heavy (non-hydrogen) atoms. The summed E-state index contributed by atoms with van der Waals surface area (Å²) in [4.78, 5) is 23.1. The summed E-state index contributed by atoms with van der Waals surface area (Å²) in [5.41, 5.74) is 6.02. The van der Waals surface area contributed by atoms with E-state index in [1.807, 2.05) is 20.8 Å². The van der Waals surface area contributed by atoms with Crippen LogP contribution in [-0.2, 0) is 4.79 Å². The minimum absolute atomic E-state index is 0.0340. The second-order valence-corrected chi connectivity index (χ2v) is 4.83. The molecule has 0 aromatic heterocycles. The van der Waals surface area contributed by atoms with E-state index in [0.29, 0.717) is 25.2 Å². The fourth-order valence-corrected chi connectivity index (χ4v) is 2.09. The number of nitrogens with one attached hydrogen (secondary N) is 1. The van der Waals surface area contributed by atoms with Crippen LogP contribution in [0.1, 0.15) is 37.6 Å².